The molecule has 0 bridgehead atoms. The Hall–Kier alpha value is -0.300. The first-order chi connectivity index (χ1) is 8.00. The van der Waals surface area contributed by atoms with Gasteiger partial charge in [-0.2, -0.15) is 0 Å². The third-order valence-electron chi connectivity index (χ3n) is 3.28. The summed E-state index contributed by atoms with van der Waals surface area (Å²) >= 11 is 1.78. The minimum atomic E-state index is 0. The number of nitrogens with zero attached hydrogens (tertiary/aromatic N) is 2. The molecule has 1 aliphatic carbocycles. The van der Waals surface area contributed by atoms with Crippen LogP contribution in [0.4, 0.5) is 0 Å². The summed E-state index contributed by atoms with van der Waals surface area (Å²) in [5, 5.41) is 2.11. The van der Waals surface area contributed by atoms with E-state index in [9.17, 15) is 0 Å². The van der Waals surface area contributed by atoms with E-state index in [1.165, 1.54) is 17.7 Å². The number of guanidine groups is 1. The number of aliphatic imine (C=N–C) groups is 1. The van der Waals surface area contributed by atoms with Gasteiger partial charge in [-0.25, -0.2) is 0 Å². The van der Waals surface area contributed by atoms with E-state index in [0.29, 0.717) is 12.0 Å². The summed E-state index contributed by atoms with van der Waals surface area (Å²) in [7, 11) is 2.04. The molecule has 0 radical (unpaired) electrons. The van der Waals surface area contributed by atoms with Gasteiger partial charge in [0.15, 0.2) is 5.96 Å². The van der Waals surface area contributed by atoms with E-state index in [4.69, 9.17) is 5.73 Å². The zero-order valence-electron chi connectivity index (χ0n) is 11.2. The molecule has 3 nitrogen and oxygen atoms in total. The Labute approximate surface area is 130 Å². The first-order valence-corrected chi connectivity index (χ1v) is 6.95. The highest BCUT2D eigenvalue weighted by Crippen LogP contribution is 2.28. The molecular formula is C13H22IN3S. The van der Waals surface area contributed by atoms with Gasteiger partial charge in [-0.3, -0.25) is 4.99 Å². The number of rotatable bonds is 4. The summed E-state index contributed by atoms with van der Waals surface area (Å²) in [6, 6.07) is 4.88. The summed E-state index contributed by atoms with van der Waals surface area (Å²) in [6.07, 6.45) is 2.50. The van der Waals surface area contributed by atoms with Crippen LogP contribution in [0.1, 0.15) is 31.6 Å². The van der Waals surface area contributed by atoms with Crippen LogP contribution in [0.5, 0.6) is 0 Å². The van der Waals surface area contributed by atoms with Crippen molar-refractivity contribution in [2.45, 2.75) is 38.1 Å². The second kappa shape index (κ2) is 6.23. The van der Waals surface area contributed by atoms with Crippen molar-refractivity contribution in [2.75, 3.05) is 13.6 Å². The number of halogens is 1. The molecular weight excluding hydrogens is 357 g/mol. The Kier molecular flexibility index (Phi) is 5.46. The summed E-state index contributed by atoms with van der Waals surface area (Å²) in [5.41, 5.74) is 6.07. The number of nitrogens with two attached hydrogens (primary N) is 1. The molecule has 1 aliphatic rings. The SMILES string of the molecule is CN(C(N)=NCC(C)(C)c1cccs1)C1CC1.I. The van der Waals surface area contributed by atoms with E-state index in [1.54, 1.807) is 11.3 Å². The smallest absolute Gasteiger partial charge is 0.191 e. The van der Waals surface area contributed by atoms with Crippen LogP contribution in [0.15, 0.2) is 22.5 Å². The molecule has 18 heavy (non-hydrogen) atoms. The molecule has 0 saturated heterocycles. The summed E-state index contributed by atoms with van der Waals surface area (Å²) in [6.45, 7) is 5.18. The normalized spacial score (nSPS) is 16.3. The van der Waals surface area contributed by atoms with E-state index in [0.717, 1.165) is 6.54 Å². The molecule has 1 aromatic heterocycles. The van der Waals surface area contributed by atoms with Crippen LogP contribution in [0, 0.1) is 0 Å². The second-order valence-corrected chi connectivity index (χ2v) is 6.33. The maximum absolute atomic E-state index is 6.00. The van der Waals surface area contributed by atoms with Crippen molar-refractivity contribution in [3.05, 3.63) is 22.4 Å². The Morgan fingerprint density at radius 3 is 2.72 bits per heavy atom. The minimum absolute atomic E-state index is 0. The highest BCUT2D eigenvalue weighted by atomic mass is 127. The topological polar surface area (TPSA) is 41.6 Å². The van der Waals surface area contributed by atoms with Gasteiger partial charge in [0.2, 0.25) is 0 Å². The lowest BCUT2D eigenvalue weighted by Crippen LogP contribution is -2.37. The van der Waals surface area contributed by atoms with Crippen LogP contribution in [0.25, 0.3) is 0 Å². The molecule has 2 rings (SSSR count). The highest BCUT2D eigenvalue weighted by molar-refractivity contribution is 14.0. The van der Waals surface area contributed by atoms with Crippen LogP contribution in [0.2, 0.25) is 0 Å². The molecule has 1 saturated carbocycles. The average Bonchev–Trinajstić information content (AvgIpc) is 2.99. The van der Waals surface area contributed by atoms with Crippen LogP contribution in [0.3, 0.4) is 0 Å². The van der Waals surface area contributed by atoms with Crippen molar-refractivity contribution in [3.8, 4) is 0 Å². The first-order valence-electron chi connectivity index (χ1n) is 6.07. The third kappa shape index (κ3) is 3.85. The largest absolute Gasteiger partial charge is 0.370 e. The number of hydrogen-bond donors (Lipinski definition) is 1. The predicted molar refractivity (Wildman–Crippen MR) is 90.0 cm³/mol. The van der Waals surface area contributed by atoms with Crippen molar-refractivity contribution in [3.63, 3.8) is 0 Å². The van der Waals surface area contributed by atoms with Crippen LogP contribution < -0.4 is 5.73 Å². The van der Waals surface area contributed by atoms with Crippen molar-refractivity contribution >= 4 is 41.3 Å². The zero-order valence-corrected chi connectivity index (χ0v) is 14.4. The van der Waals surface area contributed by atoms with E-state index >= 15 is 0 Å². The Morgan fingerprint density at radius 2 is 2.22 bits per heavy atom. The van der Waals surface area contributed by atoms with Crippen molar-refractivity contribution in [1.82, 2.24) is 4.90 Å². The molecule has 1 heterocycles. The molecule has 1 aromatic rings. The summed E-state index contributed by atoms with van der Waals surface area (Å²) < 4.78 is 0. The second-order valence-electron chi connectivity index (χ2n) is 5.38. The lowest BCUT2D eigenvalue weighted by molar-refractivity contribution is 0.478. The minimum Gasteiger partial charge on any atom is -0.370 e. The van der Waals surface area contributed by atoms with E-state index < -0.39 is 0 Å². The first kappa shape index (κ1) is 15.8. The molecule has 0 unspecified atom stereocenters. The molecule has 0 aliphatic heterocycles. The third-order valence-corrected chi connectivity index (χ3v) is 4.52. The highest BCUT2D eigenvalue weighted by Gasteiger charge is 2.28. The van der Waals surface area contributed by atoms with Gasteiger partial charge in [0.1, 0.15) is 0 Å². The maximum Gasteiger partial charge on any atom is 0.191 e. The van der Waals surface area contributed by atoms with Crippen LogP contribution in [-0.4, -0.2) is 30.5 Å². The van der Waals surface area contributed by atoms with E-state index in [-0.39, 0.29) is 29.4 Å². The van der Waals surface area contributed by atoms with Gasteiger partial charge in [-0.15, -0.1) is 35.3 Å². The Balaban J connectivity index is 0.00000162. The average molecular weight is 379 g/mol. The molecule has 0 amide bonds. The Morgan fingerprint density at radius 1 is 1.56 bits per heavy atom. The van der Waals surface area contributed by atoms with E-state index in [2.05, 4.69) is 41.3 Å². The monoisotopic (exact) mass is 379 g/mol. The van der Waals surface area contributed by atoms with Crippen LogP contribution >= 0.6 is 35.3 Å². The lowest BCUT2D eigenvalue weighted by atomic mass is 9.92. The maximum atomic E-state index is 6.00. The van der Waals surface area contributed by atoms with Crippen molar-refractivity contribution in [1.29, 1.82) is 0 Å². The van der Waals surface area contributed by atoms with Crippen LogP contribution in [-0.2, 0) is 5.41 Å². The molecule has 5 heteroatoms. The number of thiophene rings is 1. The predicted octanol–water partition coefficient (Wildman–Crippen LogP) is 3.05. The standard InChI is InChI=1S/C13H21N3S.HI/c1-13(2,11-5-4-8-17-11)9-15-12(14)16(3)10-6-7-10;/h4-5,8,10H,6-7,9H2,1-3H3,(H2,14,15);1H. The van der Waals surface area contributed by atoms with Gasteiger partial charge >= 0.3 is 0 Å². The van der Waals surface area contributed by atoms with Gasteiger partial charge in [0, 0.05) is 23.4 Å². The fourth-order valence-corrected chi connectivity index (χ4v) is 2.63. The number of hydrogen-bond acceptors (Lipinski definition) is 2. The van der Waals surface area contributed by atoms with E-state index in [1.807, 2.05) is 7.05 Å². The fourth-order valence-electron chi connectivity index (χ4n) is 1.78. The lowest BCUT2D eigenvalue weighted by Gasteiger charge is -2.23. The summed E-state index contributed by atoms with van der Waals surface area (Å²) in [5.74, 6) is 0.678. The molecule has 1 fully saturated rings. The van der Waals surface area contributed by atoms with Gasteiger partial charge < -0.3 is 10.6 Å². The zero-order chi connectivity index (χ0) is 12.5. The van der Waals surface area contributed by atoms with Gasteiger partial charge in [-0.05, 0) is 24.3 Å². The quantitative estimate of drug-likeness (QED) is 0.496. The molecule has 0 spiro atoms. The summed E-state index contributed by atoms with van der Waals surface area (Å²) in [4.78, 5) is 8.01. The van der Waals surface area contributed by atoms with Gasteiger partial charge in [0.05, 0.1) is 6.54 Å². The Bertz CT molecular complexity index is 396. The van der Waals surface area contributed by atoms with Crippen molar-refractivity contribution < 1.29 is 0 Å². The van der Waals surface area contributed by atoms with Gasteiger partial charge in [-0.1, -0.05) is 19.9 Å². The fraction of sp³-hybridized carbons (Fsp3) is 0.615. The van der Waals surface area contributed by atoms with Gasteiger partial charge in [0.25, 0.3) is 0 Å². The molecule has 2 N–H and O–H groups in total. The van der Waals surface area contributed by atoms with Crippen molar-refractivity contribution in [2.24, 2.45) is 10.7 Å². The molecule has 102 valence electrons. The molecule has 0 aromatic carbocycles. The molecule has 0 atom stereocenters.